The highest BCUT2D eigenvalue weighted by molar-refractivity contribution is 7.84. The van der Waals surface area contributed by atoms with Crippen LogP contribution in [-0.2, 0) is 21.3 Å². The molecular weight excluding hydrogens is 306 g/mol. The zero-order valence-electron chi connectivity index (χ0n) is 11.5. The number of nitrogens with one attached hydrogen (secondary N) is 1. The van der Waals surface area contributed by atoms with Gasteiger partial charge in [-0.15, -0.1) is 0 Å². The average Bonchev–Trinajstić information content (AvgIpc) is 2.99. The molecular formula is C15H17NO3S2. The lowest BCUT2D eigenvalue weighted by Crippen LogP contribution is -2.30. The molecule has 21 heavy (non-hydrogen) atoms. The number of rotatable bonds is 7. The topological polar surface area (TPSA) is 66.4 Å². The maximum Gasteiger partial charge on any atom is 0.232 e. The summed E-state index contributed by atoms with van der Waals surface area (Å²) in [4.78, 5) is 11.5. The molecule has 0 saturated heterocycles. The number of amides is 1. The van der Waals surface area contributed by atoms with E-state index in [0.717, 1.165) is 16.7 Å². The van der Waals surface area contributed by atoms with Gasteiger partial charge in [0.25, 0.3) is 0 Å². The lowest BCUT2D eigenvalue weighted by Gasteiger charge is -2.08. The number of aliphatic hydroxyl groups excluding tert-OH is 1. The van der Waals surface area contributed by atoms with Crippen LogP contribution in [0.3, 0.4) is 0 Å². The van der Waals surface area contributed by atoms with Crippen LogP contribution < -0.4 is 5.32 Å². The second-order valence-corrected chi connectivity index (χ2v) is 6.71. The maximum absolute atomic E-state index is 12.1. The van der Waals surface area contributed by atoms with Crippen molar-refractivity contribution in [1.29, 1.82) is 0 Å². The average molecular weight is 323 g/mol. The van der Waals surface area contributed by atoms with Gasteiger partial charge >= 0.3 is 0 Å². The van der Waals surface area contributed by atoms with Crippen molar-refractivity contribution in [3.8, 4) is 11.1 Å². The van der Waals surface area contributed by atoms with Crippen LogP contribution in [0.25, 0.3) is 11.1 Å². The Hall–Kier alpha value is -1.50. The predicted molar refractivity (Wildman–Crippen MR) is 86.6 cm³/mol. The molecule has 4 nitrogen and oxygen atoms in total. The first-order chi connectivity index (χ1) is 10.2. The number of hydrogen-bond donors (Lipinski definition) is 2. The quantitative estimate of drug-likeness (QED) is 0.816. The van der Waals surface area contributed by atoms with Gasteiger partial charge in [-0.25, -0.2) is 0 Å². The molecule has 0 bridgehead atoms. The first kappa shape index (κ1) is 15.9. The molecule has 1 aromatic heterocycles. The molecule has 1 amide bonds. The first-order valence-corrected chi connectivity index (χ1v) is 8.97. The van der Waals surface area contributed by atoms with Crippen LogP contribution in [0.15, 0.2) is 41.1 Å². The maximum atomic E-state index is 12.1. The van der Waals surface area contributed by atoms with E-state index in [1.165, 1.54) is 0 Å². The Labute approximate surface area is 130 Å². The number of benzene rings is 1. The fourth-order valence-electron chi connectivity index (χ4n) is 1.96. The fraction of sp³-hybridized carbons (Fsp3) is 0.267. The Morgan fingerprint density at radius 3 is 2.81 bits per heavy atom. The van der Waals surface area contributed by atoms with E-state index in [9.17, 15) is 9.00 Å². The van der Waals surface area contributed by atoms with Gasteiger partial charge in [-0.2, -0.15) is 11.3 Å². The molecule has 0 aliphatic carbocycles. The van der Waals surface area contributed by atoms with E-state index in [0.29, 0.717) is 5.75 Å². The monoisotopic (exact) mass is 323 g/mol. The third-order valence-corrected chi connectivity index (χ3v) is 4.79. The molecule has 1 unspecified atom stereocenters. The predicted octanol–water partition coefficient (Wildman–Crippen LogP) is 1.77. The van der Waals surface area contributed by atoms with Gasteiger partial charge in [-0.1, -0.05) is 24.3 Å². The van der Waals surface area contributed by atoms with E-state index in [-0.39, 0.29) is 24.8 Å². The van der Waals surface area contributed by atoms with Crippen molar-refractivity contribution in [2.75, 3.05) is 18.9 Å². The summed E-state index contributed by atoms with van der Waals surface area (Å²) in [5, 5.41) is 15.2. The SMILES string of the molecule is O=C(CS(=O)Cc1ccccc1-c1ccsc1)NCCO. The van der Waals surface area contributed by atoms with E-state index >= 15 is 0 Å². The normalized spacial score (nSPS) is 12.0. The van der Waals surface area contributed by atoms with Crippen LogP contribution in [0.4, 0.5) is 0 Å². The fourth-order valence-corrected chi connectivity index (χ4v) is 3.71. The Bertz CT molecular complexity index is 611. The largest absolute Gasteiger partial charge is 0.395 e. The van der Waals surface area contributed by atoms with Gasteiger partial charge in [0.2, 0.25) is 5.91 Å². The Balaban J connectivity index is 2.03. The standard InChI is InChI=1S/C15H17NO3S2/c17-7-6-16-15(18)11-21(19)10-13-3-1-2-4-14(13)12-5-8-20-9-12/h1-5,8-9,17H,6-7,10-11H2,(H,16,18). The molecule has 0 radical (unpaired) electrons. The summed E-state index contributed by atoms with van der Waals surface area (Å²) in [6, 6.07) is 9.83. The molecule has 0 saturated carbocycles. The number of carbonyl (C=O) groups is 1. The number of hydrogen-bond acceptors (Lipinski definition) is 4. The summed E-state index contributed by atoms with van der Waals surface area (Å²) in [5.41, 5.74) is 3.14. The minimum atomic E-state index is -1.27. The molecule has 1 atom stereocenters. The Morgan fingerprint density at radius 1 is 1.29 bits per heavy atom. The van der Waals surface area contributed by atoms with Gasteiger partial charge in [0.15, 0.2) is 0 Å². The zero-order chi connectivity index (χ0) is 15.1. The molecule has 0 aliphatic heterocycles. The van der Waals surface area contributed by atoms with Crippen molar-refractivity contribution in [2.45, 2.75) is 5.75 Å². The van der Waals surface area contributed by atoms with E-state index in [4.69, 9.17) is 5.11 Å². The lowest BCUT2D eigenvalue weighted by molar-refractivity contribution is -0.118. The van der Waals surface area contributed by atoms with Crippen molar-refractivity contribution in [2.24, 2.45) is 0 Å². The first-order valence-electron chi connectivity index (χ1n) is 6.53. The van der Waals surface area contributed by atoms with Crippen LogP contribution >= 0.6 is 11.3 Å². The number of aliphatic hydroxyl groups is 1. The van der Waals surface area contributed by atoms with Gasteiger partial charge in [0.1, 0.15) is 5.75 Å². The Morgan fingerprint density at radius 2 is 2.10 bits per heavy atom. The van der Waals surface area contributed by atoms with E-state index in [1.54, 1.807) is 11.3 Å². The van der Waals surface area contributed by atoms with Gasteiger partial charge in [-0.05, 0) is 33.5 Å². The molecule has 2 aromatic rings. The summed E-state index contributed by atoms with van der Waals surface area (Å²) in [6.07, 6.45) is 0. The van der Waals surface area contributed by atoms with Crippen LogP contribution in [-0.4, -0.2) is 34.1 Å². The summed E-state index contributed by atoms with van der Waals surface area (Å²) in [5.74, 6) is 0.00619. The van der Waals surface area contributed by atoms with E-state index in [1.807, 2.05) is 35.7 Å². The molecule has 1 aromatic carbocycles. The van der Waals surface area contributed by atoms with E-state index in [2.05, 4.69) is 10.7 Å². The lowest BCUT2D eigenvalue weighted by atomic mass is 10.0. The minimum Gasteiger partial charge on any atom is -0.395 e. The smallest absolute Gasteiger partial charge is 0.232 e. The van der Waals surface area contributed by atoms with Crippen LogP contribution in [0.5, 0.6) is 0 Å². The molecule has 2 N–H and O–H groups in total. The van der Waals surface area contributed by atoms with Gasteiger partial charge < -0.3 is 10.4 Å². The van der Waals surface area contributed by atoms with Crippen molar-refractivity contribution >= 4 is 28.0 Å². The van der Waals surface area contributed by atoms with Crippen molar-refractivity contribution in [3.05, 3.63) is 46.7 Å². The van der Waals surface area contributed by atoms with E-state index < -0.39 is 10.8 Å². The third-order valence-electron chi connectivity index (χ3n) is 2.89. The highest BCUT2D eigenvalue weighted by Gasteiger charge is 2.11. The molecule has 6 heteroatoms. The van der Waals surface area contributed by atoms with Crippen molar-refractivity contribution in [1.82, 2.24) is 5.32 Å². The van der Waals surface area contributed by atoms with Gasteiger partial charge in [0, 0.05) is 23.1 Å². The van der Waals surface area contributed by atoms with Crippen molar-refractivity contribution < 1.29 is 14.1 Å². The Kier molecular flexibility index (Phi) is 6.10. The summed E-state index contributed by atoms with van der Waals surface area (Å²) in [6.45, 7) is 0.0842. The molecule has 112 valence electrons. The number of thiophene rings is 1. The molecule has 2 rings (SSSR count). The summed E-state index contributed by atoms with van der Waals surface area (Å²) >= 11 is 1.62. The molecule has 1 heterocycles. The molecule has 0 aliphatic rings. The second kappa shape index (κ2) is 8.07. The van der Waals surface area contributed by atoms with Gasteiger partial charge in [0.05, 0.1) is 6.61 Å². The van der Waals surface area contributed by atoms with Crippen LogP contribution in [0.1, 0.15) is 5.56 Å². The highest BCUT2D eigenvalue weighted by Crippen LogP contribution is 2.26. The summed E-state index contributed by atoms with van der Waals surface area (Å²) < 4.78 is 12.1. The highest BCUT2D eigenvalue weighted by atomic mass is 32.2. The molecule has 0 spiro atoms. The molecule has 0 fully saturated rings. The number of carbonyl (C=O) groups excluding carboxylic acids is 1. The van der Waals surface area contributed by atoms with Crippen molar-refractivity contribution in [3.63, 3.8) is 0 Å². The third kappa shape index (κ3) is 4.77. The second-order valence-electron chi connectivity index (χ2n) is 4.47. The van der Waals surface area contributed by atoms with Crippen LogP contribution in [0, 0.1) is 0 Å². The summed E-state index contributed by atoms with van der Waals surface area (Å²) in [7, 11) is -1.27. The van der Waals surface area contributed by atoms with Crippen LogP contribution in [0.2, 0.25) is 0 Å². The zero-order valence-corrected chi connectivity index (χ0v) is 13.1. The van der Waals surface area contributed by atoms with Gasteiger partial charge in [-0.3, -0.25) is 9.00 Å². The minimum absolute atomic E-state index is 0.0437.